The van der Waals surface area contributed by atoms with Crippen molar-refractivity contribution in [2.45, 2.75) is 19.1 Å². The second-order valence-electron chi connectivity index (χ2n) is 5.05. The maximum Gasteiger partial charge on any atom is 0.161 e. The Hall–Kier alpha value is -1.86. The van der Waals surface area contributed by atoms with E-state index in [4.69, 9.17) is 5.73 Å². The van der Waals surface area contributed by atoms with Crippen molar-refractivity contribution >= 4 is 0 Å². The molecule has 1 aromatic carbocycles. The summed E-state index contributed by atoms with van der Waals surface area (Å²) in [7, 11) is 0. The van der Waals surface area contributed by atoms with Crippen LogP contribution in [0.1, 0.15) is 17.4 Å². The molecule has 1 aliphatic rings. The van der Waals surface area contributed by atoms with Crippen molar-refractivity contribution in [1.29, 1.82) is 0 Å². The first kappa shape index (κ1) is 14.1. The van der Waals surface area contributed by atoms with Crippen molar-refractivity contribution in [3.8, 4) is 0 Å². The van der Waals surface area contributed by atoms with Crippen LogP contribution in [0.5, 0.6) is 0 Å². The Morgan fingerprint density at radius 1 is 1.14 bits per heavy atom. The molecule has 1 unspecified atom stereocenters. The van der Waals surface area contributed by atoms with Gasteiger partial charge in [0, 0.05) is 43.7 Å². The highest BCUT2D eigenvalue weighted by Gasteiger charge is 2.27. The second kappa shape index (κ2) is 5.50. The van der Waals surface area contributed by atoms with Gasteiger partial charge in [0.1, 0.15) is 11.6 Å². The van der Waals surface area contributed by atoms with Crippen LogP contribution in [0.25, 0.3) is 0 Å². The number of imidazole rings is 1. The fourth-order valence-corrected chi connectivity index (χ4v) is 2.72. The quantitative estimate of drug-likeness (QED) is 0.879. The summed E-state index contributed by atoms with van der Waals surface area (Å²) < 4.78 is 42.4. The molecule has 0 spiro atoms. The predicted molar refractivity (Wildman–Crippen MR) is 70.7 cm³/mol. The normalized spacial score (nSPS) is 16.8. The van der Waals surface area contributed by atoms with Crippen LogP contribution in [0, 0.1) is 17.5 Å². The zero-order valence-electron chi connectivity index (χ0n) is 11.3. The summed E-state index contributed by atoms with van der Waals surface area (Å²) in [6.07, 6.45) is 3.58. The highest BCUT2D eigenvalue weighted by molar-refractivity contribution is 5.24. The van der Waals surface area contributed by atoms with Gasteiger partial charge in [-0.3, -0.25) is 4.90 Å². The lowest BCUT2D eigenvalue weighted by molar-refractivity contribution is 0.153. The van der Waals surface area contributed by atoms with Crippen LogP contribution < -0.4 is 5.73 Å². The first-order valence-electron chi connectivity index (χ1n) is 6.68. The van der Waals surface area contributed by atoms with Crippen LogP contribution in [0.3, 0.4) is 0 Å². The first-order chi connectivity index (χ1) is 10.1. The Morgan fingerprint density at radius 2 is 1.90 bits per heavy atom. The summed E-state index contributed by atoms with van der Waals surface area (Å²) in [6.45, 7) is 1.96. The highest BCUT2D eigenvalue weighted by Crippen LogP contribution is 2.27. The number of aromatic nitrogens is 2. The number of benzene rings is 1. The first-order valence-corrected chi connectivity index (χ1v) is 6.68. The van der Waals surface area contributed by atoms with Crippen molar-refractivity contribution in [2.75, 3.05) is 13.1 Å². The Bertz CT molecular complexity index is 656. The molecule has 7 heteroatoms. The number of nitrogens with two attached hydrogens (primary N) is 1. The van der Waals surface area contributed by atoms with Gasteiger partial charge in [-0.1, -0.05) is 0 Å². The van der Waals surface area contributed by atoms with Gasteiger partial charge in [0.15, 0.2) is 11.6 Å². The van der Waals surface area contributed by atoms with E-state index in [0.29, 0.717) is 25.7 Å². The van der Waals surface area contributed by atoms with E-state index in [-0.39, 0.29) is 12.1 Å². The van der Waals surface area contributed by atoms with E-state index in [1.54, 1.807) is 6.20 Å². The van der Waals surface area contributed by atoms with Crippen LogP contribution in [-0.4, -0.2) is 27.5 Å². The molecule has 1 aliphatic heterocycles. The topological polar surface area (TPSA) is 47.1 Å². The minimum atomic E-state index is -1.19. The molecule has 4 nitrogen and oxygen atoms in total. The van der Waals surface area contributed by atoms with E-state index in [1.165, 1.54) is 0 Å². The molecule has 0 amide bonds. The molecule has 2 aromatic rings. The molecule has 2 N–H and O–H groups in total. The standard InChI is InChI=1S/C14H15F3N4/c15-10-6-12(17)11(16)5-9(10)13(7-18)21-4-3-20-2-1-19-14(20)8-21/h1-2,5-6,13H,3-4,7-8,18H2. The summed E-state index contributed by atoms with van der Waals surface area (Å²) >= 11 is 0. The Labute approximate surface area is 120 Å². The monoisotopic (exact) mass is 296 g/mol. The van der Waals surface area contributed by atoms with Crippen LogP contribution in [0.4, 0.5) is 13.2 Å². The molecule has 112 valence electrons. The molecule has 3 rings (SSSR count). The fourth-order valence-electron chi connectivity index (χ4n) is 2.72. The van der Waals surface area contributed by atoms with Gasteiger partial charge in [0.2, 0.25) is 0 Å². The van der Waals surface area contributed by atoms with E-state index >= 15 is 0 Å². The van der Waals surface area contributed by atoms with Crippen molar-refractivity contribution in [3.63, 3.8) is 0 Å². The summed E-state index contributed by atoms with van der Waals surface area (Å²) in [5, 5.41) is 0. The van der Waals surface area contributed by atoms with E-state index in [1.807, 2.05) is 15.7 Å². The molecule has 21 heavy (non-hydrogen) atoms. The molecular formula is C14H15F3N4. The molecule has 0 radical (unpaired) electrons. The Kier molecular flexibility index (Phi) is 3.69. The van der Waals surface area contributed by atoms with Crippen LogP contribution in [0.2, 0.25) is 0 Å². The third kappa shape index (κ3) is 2.54. The van der Waals surface area contributed by atoms with E-state index in [0.717, 1.165) is 11.9 Å². The minimum Gasteiger partial charge on any atom is -0.333 e. The summed E-state index contributed by atoms with van der Waals surface area (Å²) in [6, 6.07) is 0.951. The molecule has 0 fully saturated rings. The largest absolute Gasteiger partial charge is 0.333 e. The number of halogens is 3. The van der Waals surface area contributed by atoms with E-state index < -0.39 is 23.5 Å². The average Bonchev–Trinajstić information content (AvgIpc) is 2.92. The number of hydrogen-bond donors (Lipinski definition) is 1. The maximum atomic E-state index is 13.9. The Balaban J connectivity index is 1.91. The number of fused-ring (bicyclic) bond motifs is 1. The maximum absolute atomic E-state index is 13.9. The third-order valence-corrected chi connectivity index (χ3v) is 3.84. The van der Waals surface area contributed by atoms with Gasteiger partial charge in [-0.25, -0.2) is 18.2 Å². The molecule has 0 aliphatic carbocycles. The number of nitrogens with zero attached hydrogens (tertiary/aromatic N) is 3. The van der Waals surface area contributed by atoms with Crippen molar-refractivity contribution < 1.29 is 13.2 Å². The van der Waals surface area contributed by atoms with Crippen LogP contribution in [-0.2, 0) is 13.1 Å². The fraction of sp³-hybridized carbons (Fsp3) is 0.357. The van der Waals surface area contributed by atoms with Crippen LogP contribution in [0.15, 0.2) is 24.5 Å². The number of rotatable bonds is 3. The van der Waals surface area contributed by atoms with Gasteiger partial charge in [-0.2, -0.15) is 0 Å². The van der Waals surface area contributed by atoms with Crippen LogP contribution >= 0.6 is 0 Å². The van der Waals surface area contributed by atoms with Crippen molar-refractivity contribution in [2.24, 2.45) is 5.73 Å². The lowest BCUT2D eigenvalue weighted by atomic mass is 10.0. The van der Waals surface area contributed by atoms with Crippen molar-refractivity contribution in [3.05, 3.63) is 53.4 Å². The lowest BCUT2D eigenvalue weighted by Gasteiger charge is -2.34. The molecule has 1 atom stereocenters. The lowest BCUT2D eigenvalue weighted by Crippen LogP contribution is -2.40. The Morgan fingerprint density at radius 3 is 2.67 bits per heavy atom. The molecule has 2 heterocycles. The summed E-state index contributed by atoms with van der Waals surface area (Å²) in [5.41, 5.74) is 5.82. The van der Waals surface area contributed by atoms with Gasteiger partial charge in [0.25, 0.3) is 0 Å². The predicted octanol–water partition coefficient (Wildman–Crippen LogP) is 1.82. The second-order valence-corrected chi connectivity index (χ2v) is 5.05. The summed E-state index contributed by atoms with van der Waals surface area (Å²) in [4.78, 5) is 6.15. The molecule has 0 saturated carbocycles. The van der Waals surface area contributed by atoms with Crippen molar-refractivity contribution in [1.82, 2.24) is 14.5 Å². The van der Waals surface area contributed by atoms with Gasteiger partial charge in [-0.05, 0) is 6.07 Å². The molecule has 1 aromatic heterocycles. The SMILES string of the molecule is NCC(c1cc(F)c(F)cc1F)N1CCn2ccnc2C1. The van der Waals surface area contributed by atoms with Gasteiger partial charge >= 0.3 is 0 Å². The third-order valence-electron chi connectivity index (χ3n) is 3.84. The molecular weight excluding hydrogens is 281 g/mol. The minimum absolute atomic E-state index is 0.0800. The zero-order valence-corrected chi connectivity index (χ0v) is 11.3. The van der Waals surface area contributed by atoms with E-state index in [9.17, 15) is 13.2 Å². The zero-order chi connectivity index (χ0) is 15.0. The van der Waals surface area contributed by atoms with Gasteiger partial charge in [-0.15, -0.1) is 0 Å². The highest BCUT2D eigenvalue weighted by atomic mass is 19.2. The van der Waals surface area contributed by atoms with Gasteiger partial charge < -0.3 is 10.3 Å². The summed E-state index contributed by atoms with van der Waals surface area (Å²) in [5.74, 6) is -2.19. The number of hydrogen-bond acceptors (Lipinski definition) is 3. The molecule has 0 saturated heterocycles. The average molecular weight is 296 g/mol. The van der Waals surface area contributed by atoms with Gasteiger partial charge in [0.05, 0.1) is 12.6 Å². The smallest absolute Gasteiger partial charge is 0.161 e. The molecule has 0 bridgehead atoms. The van der Waals surface area contributed by atoms with E-state index in [2.05, 4.69) is 4.98 Å².